The third-order valence-corrected chi connectivity index (χ3v) is 6.85. The molecule has 0 aliphatic carbocycles. The van der Waals surface area contributed by atoms with E-state index < -0.39 is 30.0 Å². The molecule has 2 aromatic heterocycles. The van der Waals surface area contributed by atoms with Gasteiger partial charge in [0.1, 0.15) is 6.10 Å². The Hall–Kier alpha value is -3.26. The fraction of sp³-hybridized carbons (Fsp3) is 0.417. The molecule has 1 aliphatic heterocycles. The van der Waals surface area contributed by atoms with Crippen molar-refractivity contribution in [3.63, 3.8) is 0 Å². The van der Waals surface area contributed by atoms with Crippen molar-refractivity contribution in [3.05, 3.63) is 63.9 Å². The number of amides is 1. The molecule has 0 saturated carbocycles. The van der Waals surface area contributed by atoms with Crippen molar-refractivity contribution in [2.45, 2.75) is 44.9 Å². The summed E-state index contributed by atoms with van der Waals surface area (Å²) < 4.78 is 87.8. The molecule has 0 bridgehead atoms. The van der Waals surface area contributed by atoms with Crippen LogP contribution in [0.5, 0.6) is 5.75 Å². The molecule has 1 aromatic carbocycles. The van der Waals surface area contributed by atoms with Gasteiger partial charge in [0.25, 0.3) is 12.3 Å². The van der Waals surface area contributed by atoms with Gasteiger partial charge >= 0.3 is 6.18 Å². The second kappa shape index (κ2) is 11.6. The van der Waals surface area contributed by atoms with Crippen molar-refractivity contribution < 1.29 is 35.9 Å². The van der Waals surface area contributed by atoms with Crippen LogP contribution < -0.4 is 10.1 Å². The second-order valence-corrected chi connectivity index (χ2v) is 9.60. The van der Waals surface area contributed by atoms with Gasteiger partial charge in [-0.1, -0.05) is 0 Å². The summed E-state index contributed by atoms with van der Waals surface area (Å²) in [6.45, 7) is 2.17. The molecule has 1 fully saturated rings. The average molecular weight is 560 g/mol. The normalized spacial score (nSPS) is 15.2. The third-order valence-electron chi connectivity index (χ3n) is 5.91. The van der Waals surface area contributed by atoms with Crippen LogP contribution in [0.1, 0.15) is 45.2 Å². The zero-order valence-electron chi connectivity index (χ0n) is 20.1. The number of ether oxygens (including phenoxy) is 1. The summed E-state index contributed by atoms with van der Waals surface area (Å²) in [5.41, 5.74) is -0.110. The number of likely N-dealkylation sites (tertiary alicyclic amines) is 1. The maximum Gasteiger partial charge on any atom is 0.434 e. The lowest BCUT2D eigenvalue weighted by atomic mass is 10.1. The number of rotatable bonds is 8. The first-order valence-corrected chi connectivity index (χ1v) is 12.4. The average Bonchev–Trinajstić information content (AvgIpc) is 3.21. The molecular weight excluding hydrogens is 536 g/mol. The number of anilines is 1. The number of halogens is 6. The minimum atomic E-state index is -4.61. The molecule has 0 spiro atoms. The molecule has 7 nitrogen and oxygen atoms in total. The minimum Gasteiger partial charge on any atom is -0.487 e. The number of nitrogens with one attached hydrogen (secondary N) is 1. The Bertz CT molecular complexity index is 1260. The summed E-state index contributed by atoms with van der Waals surface area (Å²) in [6, 6.07) is 3.96. The predicted molar refractivity (Wildman–Crippen MR) is 127 cm³/mol. The molecule has 0 unspecified atom stereocenters. The SMILES string of the molecule is Cc1nsc(Cc2cnc(C(F)(F)F)cn2)c1C(=O)Nc1ccc(OC2CCN(CC(F)F)CC2)c(F)c1. The Balaban J connectivity index is 1.38. The molecule has 38 heavy (non-hydrogen) atoms. The van der Waals surface area contributed by atoms with Gasteiger partial charge in [-0.15, -0.1) is 0 Å². The van der Waals surface area contributed by atoms with Crippen molar-refractivity contribution in [2.24, 2.45) is 0 Å². The topological polar surface area (TPSA) is 80.2 Å². The van der Waals surface area contributed by atoms with Crippen LogP contribution in [-0.4, -0.2) is 57.3 Å². The Morgan fingerprint density at radius 2 is 1.95 bits per heavy atom. The molecule has 1 aliphatic rings. The van der Waals surface area contributed by atoms with Crippen LogP contribution in [0.4, 0.5) is 32.0 Å². The highest BCUT2D eigenvalue weighted by atomic mass is 32.1. The quantitative estimate of drug-likeness (QED) is 0.375. The lowest BCUT2D eigenvalue weighted by Gasteiger charge is -2.31. The van der Waals surface area contributed by atoms with E-state index in [0.29, 0.717) is 42.7 Å². The summed E-state index contributed by atoms with van der Waals surface area (Å²) in [5.74, 6) is -1.27. The smallest absolute Gasteiger partial charge is 0.434 e. The van der Waals surface area contributed by atoms with Crippen LogP contribution in [0.25, 0.3) is 0 Å². The largest absolute Gasteiger partial charge is 0.487 e. The van der Waals surface area contributed by atoms with E-state index in [2.05, 4.69) is 19.7 Å². The molecule has 4 rings (SSSR count). The Morgan fingerprint density at radius 3 is 2.55 bits per heavy atom. The van der Waals surface area contributed by atoms with Crippen molar-refractivity contribution >= 4 is 23.1 Å². The fourth-order valence-corrected chi connectivity index (χ4v) is 4.92. The number of hydrogen-bond donors (Lipinski definition) is 1. The molecule has 0 atom stereocenters. The van der Waals surface area contributed by atoms with Crippen LogP contribution in [-0.2, 0) is 12.6 Å². The van der Waals surface area contributed by atoms with Gasteiger partial charge in [0.05, 0.1) is 29.7 Å². The van der Waals surface area contributed by atoms with E-state index in [4.69, 9.17) is 4.74 Å². The van der Waals surface area contributed by atoms with E-state index in [-0.39, 0.29) is 41.8 Å². The molecule has 14 heteroatoms. The van der Waals surface area contributed by atoms with Crippen LogP contribution in [0.2, 0.25) is 0 Å². The lowest BCUT2D eigenvalue weighted by molar-refractivity contribution is -0.141. The maximum absolute atomic E-state index is 14.7. The summed E-state index contributed by atoms with van der Waals surface area (Å²) in [5, 5.41) is 2.61. The standard InChI is InChI=1S/C24H23F6N5O2S/c1-13-22(19(38-34-13)9-15-10-32-20(11-31-15)24(28,29)30)23(36)33-14-2-3-18(17(25)8-14)37-16-4-6-35(7-5-16)12-21(26)27/h2-3,8,10-11,16,21H,4-7,9,12H2,1H3,(H,33,36). The Labute approximate surface area is 218 Å². The number of carbonyl (C=O) groups is 1. The summed E-state index contributed by atoms with van der Waals surface area (Å²) in [6.07, 6.45) is -4.69. The summed E-state index contributed by atoms with van der Waals surface area (Å²) >= 11 is 1.01. The Morgan fingerprint density at radius 1 is 1.21 bits per heavy atom. The van der Waals surface area contributed by atoms with Gasteiger partial charge in [-0.25, -0.2) is 18.2 Å². The molecule has 3 heterocycles. The minimum absolute atomic E-state index is 0.00902. The first kappa shape index (κ1) is 27.8. The highest BCUT2D eigenvalue weighted by Gasteiger charge is 2.33. The first-order valence-electron chi connectivity index (χ1n) is 11.6. The van der Waals surface area contributed by atoms with E-state index in [9.17, 15) is 31.1 Å². The van der Waals surface area contributed by atoms with Gasteiger partial charge in [-0.2, -0.15) is 17.5 Å². The van der Waals surface area contributed by atoms with Gasteiger partial charge in [-0.3, -0.25) is 14.7 Å². The predicted octanol–water partition coefficient (Wildman–Crippen LogP) is 5.35. The zero-order chi connectivity index (χ0) is 27.4. The maximum atomic E-state index is 14.7. The number of aryl methyl sites for hydroxylation is 1. The van der Waals surface area contributed by atoms with Crippen molar-refractivity contribution in [3.8, 4) is 5.75 Å². The van der Waals surface area contributed by atoms with E-state index in [0.717, 1.165) is 23.8 Å². The van der Waals surface area contributed by atoms with Crippen molar-refractivity contribution in [2.75, 3.05) is 25.0 Å². The van der Waals surface area contributed by atoms with Crippen LogP contribution in [0.3, 0.4) is 0 Å². The monoisotopic (exact) mass is 559 g/mol. The lowest BCUT2D eigenvalue weighted by Crippen LogP contribution is -2.40. The number of piperidine rings is 1. The van der Waals surface area contributed by atoms with Crippen molar-refractivity contribution in [1.29, 1.82) is 0 Å². The molecule has 204 valence electrons. The van der Waals surface area contributed by atoms with Crippen LogP contribution >= 0.6 is 11.5 Å². The van der Waals surface area contributed by atoms with Gasteiger partial charge in [-0.05, 0) is 43.4 Å². The number of aromatic nitrogens is 3. The van der Waals surface area contributed by atoms with Gasteiger partial charge in [0.2, 0.25) is 0 Å². The first-order chi connectivity index (χ1) is 18.0. The Kier molecular flexibility index (Phi) is 8.51. The molecule has 1 amide bonds. The van der Waals surface area contributed by atoms with Gasteiger partial charge in [0, 0.05) is 42.3 Å². The second-order valence-electron chi connectivity index (χ2n) is 8.74. The van der Waals surface area contributed by atoms with E-state index >= 15 is 0 Å². The number of benzene rings is 1. The van der Waals surface area contributed by atoms with Crippen molar-refractivity contribution in [1.82, 2.24) is 19.2 Å². The number of carbonyl (C=O) groups excluding carboxylic acids is 1. The molecule has 1 N–H and O–H groups in total. The van der Waals surface area contributed by atoms with E-state index in [1.165, 1.54) is 12.1 Å². The van der Waals surface area contributed by atoms with E-state index in [1.807, 2.05) is 0 Å². The van der Waals surface area contributed by atoms with Gasteiger partial charge < -0.3 is 10.1 Å². The molecular formula is C24H23F6N5O2S. The van der Waals surface area contributed by atoms with Gasteiger partial charge in [0.15, 0.2) is 17.3 Å². The molecule has 0 radical (unpaired) electrons. The zero-order valence-corrected chi connectivity index (χ0v) is 20.9. The number of alkyl halides is 5. The summed E-state index contributed by atoms with van der Waals surface area (Å²) in [7, 11) is 0. The van der Waals surface area contributed by atoms with Crippen LogP contribution in [0.15, 0.2) is 30.6 Å². The highest BCUT2D eigenvalue weighted by molar-refractivity contribution is 7.06. The fourth-order valence-electron chi connectivity index (χ4n) is 4.04. The highest BCUT2D eigenvalue weighted by Crippen LogP contribution is 2.29. The molecule has 3 aromatic rings. The van der Waals surface area contributed by atoms with Crippen LogP contribution in [0, 0.1) is 12.7 Å². The summed E-state index contributed by atoms with van der Waals surface area (Å²) in [4.78, 5) is 22.2. The van der Waals surface area contributed by atoms with E-state index in [1.54, 1.807) is 11.8 Å². The third kappa shape index (κ3) is 6.98. The number of hydrogen-bond acceptors (Lipinski definition) is 7. The molecule has 1 saturated heterocycles. The number of nitrogens with zero attached hydrogens (tertiary/aromatic N) is 4.